The van der Waals surface area contributed by atoms with E-state index in [4.69, 9.17) is 12.2 Å². The summed E-state index contributed by atoms with van der Waals surface area (Å²) in [6.45, 7) is 0.465. The van der Waals surface area contributed by atoms with Crippen LogP contribution in [0.2, 0.25) is 0 Å². The van der Waals surface area contributed by atoms with E-state index < -0.39 is 0 Å². The number of hydrogen-bond acceptors (Lipinski definition) is 3. The van der Waals surface area contributed by atoms with Gasteiger partial charge in [0.05, 0.1) is 6.54 Å². The molecular weight excluding hydrogens is 332 g/mol. The average Bonchev–Trinajstić information content (AvgIpc) is 2.99. The quantitative estimate of drug-likeness (QED) is 0.710. The lowest BCUT2D eigenvalue weighted by Crippen LogP contribution is -2.20. The van der Waals surface area contributed by atoms with E-state index in [1.165, 1.54) is 24.3 Å². The SMILES string of the molecule is Fc1ccc(Cn2cnc(NC(=S)Nc3ccc(F)cc3)n2)cc1. The molecule has 0 aliphatic rings. The van der Waals surface area contributed by atoms with Crippen molar-refractivity contribution in [1.29, 1.82) is 0 Å². The van der Waals surface area contributed by atoms with Crippen LogP contribution in [0.25, 0.3) is 0 Å². The van der Waals surface area contributed by atoms with Gasteiger partial charge in [-0.15, -0.1) is 5.10 Å². The molecule has 122 valence electrons. The number of nitrogens with one attached hydrogen (secondary N) is 2. The monoisotopic (exact) mass is 345 g/mol. The molecule has 0 aliphatic carbocycles. The van der Waals surface area contributed by atoms with Gasteiger partial charge >= 0.3 is 0 Å². The lowest BCUT2D eigenvalue weighted by atomic mass is 10.2. The maximum atomic E-state index is 12.9. The fraction of sp³-hybridized carbons (Fsp3) is 0.0625. The Morgan fingerprint density at radius 1 is 0.958 bits per heavy atom. The minimum atomic E-state index is -0.319. The van der Waals surface area contributed by atoms with Gasteiger partial charge in [-0.1, -0.05) is 12.1 Å². The summed E-state index contributed by atoms with van der Waals surface area (Å²) in [5.41, 5.74) is 1.56. The Hall–Kier alpha value is -2.87. The molecule has 0 saturated heterocycles. The van der Waals surface area contributed by atoms with Crippen molar-refractivity contribution in [2.75, 3.05) is 10.6 Å². The molecule has 1 aromatic heterocycles. The first-order valence-corrected chi connectivity index (χ1v) is 7.47. The first-order valence-electron chi connectivity index (χ1n) is 7.06. The Balaban J connectivity index is 1.58. The predicted octanol–water partition coefficient (Wildman–Crippen LogP) is 3.41. The zero-order valence-electron chi connectivity index (χ0n) is 12.4. The number of nitrogens with zero attached hydrogens (tertiary/aromatic N) is 3. The maximum Gasteiger partial charge on any atom is 0.248 e. The summed E-state index contributed by atoms with van der Waals surface area (Å²) in [4.78, 5) is 4.10. The van der Waals surface area contributed by atoms with Gasteiger partial charge in [-0.05, 0) is 54.2 Å². The number of hydrogen-bond donors (Lipinski definition) is 2. The number of halogens is 2. The molecule has 0 spiro atoms. The second-order valence-corrected chi connectivity index (χ2v) is 5.39. The highest BCUT2D eigenvalue weighted by molar-refractivity contribution is 7.80. The van der Waals surface area contributed by atoms with Crippen molar-refractivity contribution in [3.63, 3.8) is 0 Å². The van der Waals surface area contributed by atoms with Crippen LogP contribution >= 0.6 is 12.2 Å². The van der Waals surface area contributed by atoms with Crippen LogP contribution in [0.5, 0.6) is 0 Å². The van der Waals surface area contributed by atoms with Gasteiger partial charge in [-0.25, -0.2) is 18.4 Å². The molecule has 2 N–H and O–H groups in total. The maximum absolute atomic E-state index is 12.9. The molecule has 0 radical (unpaired) electrons. The molecule has 2 aromatic carbocycles. The zero-order valence-corrected chi connectivity index (χ0v) is 13.2. The molecule has 1 heterocycles. The van der Waals surface area contributed by atoms with E-state index in [0.717, 1.165) is 5.56 Å². The van der Waals surface area contributed by atoms with Gasteiger partial charge < -0.3 is 5.32 Å². The van der Waals surface area contributed by atoms with E-state index in [9.17, 15) is 8.78 Å². The van der Waals surface area contributed by atoms with Crippen LogP contribution in [0.3, 0.4) is 0 Å². The molecule has 0 bridgehead atoms. The van der Waals surface area contributed by atoms with E-state index >= 15 is 0 Å². The Labute approximate surface area is 142 Å². The number of anilines is 2. The average molecular weight is 345 g/mol. The van der Waals surface area contributed by atoms with Crippen molar-refractivity contribution < 1.29 is 8.78 Å². The van der Waals surface area contributed by atoms with Crippen LogP contribution in [0.15, 0.2) is 54.9 Å². The van der Waals surface area contributed by atoms with Crippen LogP contribution < -0.4 is 10.6 Å². The fourth-order valence-corrected chi connectivity index (χ4v) is 2.21. The standard InChI is InChI=1S/C16H13F2N5S/c17-12-3-1-11(2-4-12)9-23-10-19-15(22-23)21-16(24)20-14-7-5-13(18)6-8-14/h1-8,10H,9H2,(H2,20,21,22,24). The molecule has 0 aliphatic heterocycles. The summed E-state index contributed by atoms with van der Waals surface area (Å²) in [6.07, 6.45) is 1.55. The highest BCUT2D eigenvalue weighted by Crippen LogP contribution is 2.09. The van der Waals surface area contributed by atoms with E-state index in [1.807, 2.05) is 0 Å². The van der Waals surface area contributed by atoms with Crippen molar-refractivity contribution in [2.24, 2.45) is 0 Å². The molecule has 24 heavy (non-hydrogen) atoms. The van der Waals surface area contributed by atoms with Crippen molar-refractivity contribution >= 4 is 29.0 Å². The summed E-state index contributed by atoms with van der Waals surface area (Å²) < 4.78 is 27.3. The highest BCUT2D eigenvalue weighted by Gasteiger charge is 2.05. The highest BCUT2D eigenvalue weighted by atomic mass is 32.1. The number of aromatic nitrogens is 3. The Morgan fingerprint density at radius 3 is 2.25 bits per heavy atom. The van der Waals surface area contributed by atoms with Gasteiger partial charge in [0.2, 0.25) is 5.95 Å². The van der Waals surface area contributed by atoms with Crippen molar-refractivity contribution in [3.8, 4) is 0 Å². The van der Waals surface area contributed by atoms with Gasteiger partial charge in [-0.2, -0.15) is 0 Å². The predicted molar refractivity (Wildman–Crippen MR) is 91.8 cm³/mol. The molecule has 0 saturated carbocycles. The Bertz CT molecular complexity index is 830. The van der Waals surface area contributed by atoms with E-state index in [0.29, 0.717) is 23.3 Å². The third-order valence-corrected chi connectivity index (χ3v) is 3.33. The second-order valence-electron chi connectivity index (χ2n) is 4.98. The minimum absolute atomic E-state index is 0.281. The molecular formula is C16H13F2N5S. The van der Waals surface area contributed by atoms with E-state index in [2.05, 4.69) is 20.7 Å². The van der Waals surface area contributed by atoms with Gasteiger partial charge in [-0.3, -0.25) is 5.32 Å². The van der Waals surface area contributed by atoms with Gasteiger partial charge in [0.15, 0.2) is 5.11 Å². The molecule has 0 atom stereocenters. The van der Waals surface area contributed by atoms with Crippen LogP contribution in [-0.2, 0) is 6.54 Å². The van der Waals surface area contributed by atoms with Gasteiger partial charge in [0.25, 0.3) is 0 Å². The molecule has 0 unspecified atom stereocenters. The third kappa shape index (κ3) is 4.32. The van der Waals surface area contributed by atoms with Crippen LogP contribution in [-0.4, -0.2) is 19.9 Å². The van der Waals surface area contributed by atoms with E-state index in [1.54, 1.807) is 35.3 Å². The molecule has 3 rings (SSSR count). The minimum Gasteiger partial charge on any atom is -0.332 e. The molecule has 3 aromatic rings. The number of thiocarbonyl (C=S) groups is 1. The Morgan fingerprint density at radius 2 is 1.58 bits per heavy atom. The molecule has 0 amide bonds. The molecule has 5 nitrogen and oxygen atoms in total. The number of rotatable bonds is 4. The van der Waals surface area contributed by atoms with Crippen molar-refractivity contribution in [1.82, 2.24) is 14.8 Å². The van der Waals surface area contributed by atoms with Gasteiger partial charge in [0, 0.05) is 5.69 Å². The second kappa shape index (κ2) is 7.14. The summed E-state index contributed by atoms with van der Waals surface area (Å²) >= 11 is 5.16. The van der Waals surface area contributed by atoms with Crippen LogP contribution in [0, 0.1) is 11.6 Å². The van der Waals surface area contributed by atoms with Gasteiger partial charge in [0.1, 0.15) is 18.0 Å². The zero-order chi connectivity index (χ0) is 16.9. The van der Waals surface area contributed by atoms with Crippen LogP contribution in [0.4, 0.5) is 20.4 Å². The smallest absolute Gasteiger partial charge is 0.248 e. The fourth-order valence-electron chi connectivity index (χ4n) is 2.00. The lowest BCUT2D eigenvalue weighted by molar-refractivity contribution is 0.624. The summed E-state index contributed by atoms with van der Waals surface area (Å²) in [5.74, 6) is -0.269. The normalized spacial score (nSPS) is 10.4. The van der Waals surface area contributed by atoms with E-state index in [-0.39, 0.29) is 11.6 Å². The Kier molecular flexibility index (Phi) is 4.76. The van der Waals surface area contributed by atoms with Crippen LogP contribution in [0.1, 0.15) is 5.56 Å². The summed E-state index contributed by atoms with van der Waals surface area (Å²) in [7, 11) is 0. The topological polar surface area (TPSA) is 54.8 Å². The molecule has 8 heteroatoms. The largest absolute Gasteiger partial charge is 0.332 e. The summed E-state index contributed by atoms with van der Waals surface area (Å²) in [5, 5.41) is 10.3. The van der Waals surface area contributed by atoms with Crippen molar-refractivity contribution in [3.05, 3.63) is 72.1 Å². The summed E-state index contributed by atoms with van der Waals surface area (Å²) in [6, 6.07) is 12.0. The first kappa shape index (κ1) is 16.0. The van der Waals surface area contributed by atoms with Crippen molar-refractivity contribution in [2.45, 2.75) is 6.54 Å². The molecule has 0 fully saturated rings. The lowest BCUT2D eigenvalue weighted by Gasteiger charge is -2.07. The number of benzene rings is 2. The third-order valence-electron chi connectivity index (χ3n) is 3.12. The first-order chi connectivity index (χ1) is 11.6.